The molecule has 0 fully saturated rings. The molecule has 0 aliphatic carbocycles. The molecule has 0 saturated heterocycles. The lowest BCUT2D eigenvalue weighted by Gasteiger charge is -2.04. The van der Waals surface area contributed by atoms with E-state index < -0.39 is 0 Å². The van der Waals surface area contributed by atoms with Crippen molar-refractivity contribution in [2.45, 2.75) is 13.8 Å². The van der Waals surface area contributed by atoms with E-state index in [4.69, 9.17) is 34.6 Å². The van der Waals surface area contributed by atoms with E-state index in [0.717, 1.165) is 0 Å². The molecule has 0 saturated carbocycles. The van der Waals surface area contributed by atoms with Crippen LogP contribution < -0.4 is 0 Å². The van der Waals surface area contributed by atoms with Crippen molar-refractivity contribution < 1.29 is 34.6 Å². The van der Waals surface area contributed by atoms with Crippen molar-refractivity contribution in [2.75, 3.05) is 66.1 Å². The normalized spacial score (nSPS) is 8.43. The fraction of sp³-hybridized carbons (Fsp3) is 0.750. The largest absolute Gasteiger partial charge is 0.394 e. The molecule has 0 unspecified atom stereocenters. The molecule has 0 aliphatic heterocycles. The maximum atomic E-state index is 8.36. The van der Waals surface area contributed by atoms with Crippen LogP contribution in [0, 0.1) is 0 Å². The summed E-state index contributed by atoms with van der Waals surface area (Å²) in [5.74, 6) is 0. The molecule has 7 heteroatoms. The minimum absolute atomic E-state index is 0.0413. The standard InChI is InChI=1S/C8H18O5.2C3H6.C2H6O2/c9-1-3-11-5-7-13-8-6-12-4-2-10;2*1-3-2;3-1-2-4/h9-10H,1-8H2;2*3H,1H2,2H3;3-4H,1-2H2. The number of ether oxygens (including phenoxy) is 3. The second-order valence-electron chi connectivity index (χ2n) is 3.55. The summed E-state index contributed by atoms with van der Waals surface area (Å²) in [6.07, 6.45) is 3.50. The van der Waals surface area contributed by atoms with Gasteiger partial charge in [0.05, 0.1) is 66.1 Å². The van der Waals surface area contributed by atoms with Gasteiger partial charge in [-0.05, 0) is 13.8 Å². The Morgan fingerprint density at radius 2 is 0.783 bits per heavy atom. The van der Waals surface area contributed by atoms with Crippen molar-refractivity contribution in [3.63, 3.8) is 0 Å². The molecule has 0 heterocycles. The number of allylic oxidation sites excluding steroid dienone is 2. The topological polar surface area (TPSA) is 109 Å². The first-order valence-corrected chi connectivity index (χ1v) is 7.47. The van der Waals surface area contributed by atoms with Gasteiger partial charge in [-0.25, -0.2) is 0 Å². The number of hydrogen-bond acceptors (Lipinski definition) is 7. The quantitative estimate of drug-likeness (QED) is 0.318. The molecular weight excluding hydrogens is 304 g/mol. The second kappa shape index (κ2) is 42.9. The molecule has 0 aliphatic rings. The van der Waals surface area contributed by atoms with Crippen LogP contribution in [0.5, 0.6) is 0 Å². The first-order chi connectivity index (χ1) is 11.2. The number of aliphatic hydroxyl groups excluding tert-OH is 4. The van der Waals surface area contributed by atoms with E-state index in [0.29, 0.717) is 39.6 Å². The molecule has 0 amide bonds. The fourth-order valence-corrected chi connectivity index (χ4v) is 0.671. The summed E-state index contributed by atoms with van der Waals surface area (Å²) in [5.41, 5.74) is 0. The van der Waals surface area contributed by atoms with Crippen LogP contribution in [0.3, 0.4) is 0 Å². The first-order valence-electron chi connectivity index (χ1n) is 7.47. The molecule has 142 valence electrons. The second-order valence-corrected chi connectivity index (χ2v) is 3.55. The molecule has 0 radical (unpaired) electrons. The van der Waals surface area contributed by atoms with Crippen LogP contribution in [-0.2, 0) is 14.2 Å². The van der Waals surface area contributed by atoms with Gasteiger partial charge < -0.3 is 34.6 Å². The third-order valence-electron chi connectivity index (χ3n) is 1.32. The Hall–Kier alpha value is -0.800. The van der Waals surface area contributed by atoms with Gasteiger partial charge in [0, 0.05) is 0 Å². The van der Waals surface area contributed by atoms with Crippen LogP contribution in [0.15, 0.2) is 25.3 Å². The van der Waals surface area contributed by atoms with Gasteiger partial charge in [0.25, 0.3) is 0 Å². The lowest BCUT2D eigenvalue weighted by Crippen LogP contribution is -2.11. The Labute approximate surface area is 140 Å². The van der Waals surface area contributed by atoms with Crippen molar-refractivity contribution in [3.8, 4) is 0 Å². The summed E-state index contributed by atoms with van der Waals surface area (Å²) in [5, 5.41) is 32.0. The predicted octanol–water partition coefficient (Wildman–Crippen LogP) is 0.376. The maximum Gasteiger partial charge on any atom is 0.0701 e. The van der Waals surface area contributed by atoms with Gasteiger partial charge in [-0.1, -0.05) is 12.2 Å². The number of rotatable bonds is 11. The van der Waals surface area contributed by atoms with Crippen molar-refractivity contribution in [2.24, 2.45) is 0 Å². The van der Waals surface area contributed by atoms with Gasteiger partial charge in [-0.2, -0.15) is 0 Å². The van der Waals surface area contributed by atoms with Gasteiger partial charge in [-0.15, -0.1) is 13.2 Å². The average Bonchev–Trinajstić information content (AvgIpc) is 2.55. The predicted molar refractivity (Wildman–Crippen MR) is 92.5 cm³/mol. The first kappa shape index (κ1) is 30.1. The Balaban J connectivity index is -0.000000148. The third kappa shape index (κ3) is 75.1. The summed E-state index contributed by atoms with van der Waals surface area (Å²) in [4.78, 5) is 0. The highest BCUT2D eigenvalue weighted by Crippen LogP contribution is 1.80. The SMILES string of the molecule is C=CC.C=CC.OCCO.OCCOCCOCCOCCO. The third-order valence-corrected chi connectivity index (χ3v) is 1.32. The summed E-state index contributed by atoms with van der Waals surface area (Å²) in [6.45, 7) is 13.0. The zero-order valence-corrected chi connectivity index (χ0v) is 14.7. The Morgan fingerprint density at radius 3 is 0.957 bits per heavy atom. The van der Waals surface area contributed by atoms with Crippen LogP contribution in [0.1, 0.15) is 13.8 Å². The monoisotopic (exact) mass is 340 g/mol. The molecule has 0 aromatic carbocycles. The molecule has 0 bridgehead atoms. The van der Waals surface area contributed by atoms with Crippen molar-refractivity contribution >= 4 is 0 Å². The summed E-state index contributed by atoms with van der Waals surface area (Å²) < 4.78 is 15.0. The van der Waals surface area contributed by atoms with E-state index in [2.05, 4.69) is 13.2 Å². The summed E-state index contributed by atoms with van der Waals surface area (Å²) in [6, 6.07) is 0. The Bertz CT molecular complexity index is 160. The highest BCUT2D eigenvalue weighted by atomic mass is 16.5. The molecule has 0 atom stereocenters. The lowest BCUT2D eigenvalue weighted by molar-refractivity contribution is 0.00230. The molecule has 0 rings (SSSR count). The highest BCUT2D eigenvalue weighted by molar-refractivity contribution is 4.52. The van der Waals surface area contributed by atoms with Gasteiger partial charge >= 0.3 is 0 Å². The molecular formula is C16H36O7. The smallest absolute Gasteiger partial charge is 0.0701 e. The van der Waals surface area contributed by atoms with Crippen LogP contribution in [-0.4, -0.2) is 86.5 Å². The van der Waals surface area contributed by atoms with Crippen molar-refractivity contribution in [3.05, 3.63) is 25.3 Å². The van der Waals surface area contributed by atoms with Crippen molar-refractivity contribution in [1.82, 2.24) is 0 Å². The van der Waals surface area contributed by atoms with Crippen molar-refractivity contribution in [1.29, 1.82) is 0 Å². The lowest BCUT2D eigenvalue weighted by atomic mass is 10.7. The summed E-state index contributed by atoms with van der Waals surface area (Å²) >= 11 is 0. The van der Waals surface area contributed by atoms with Gasteiger partial charge in [0.1, 0.15) is 0 Å². The van der Waals surface area contributed by atoms with E-state index in [1.165, 1.54) is 0 Å². The average molecular weight is 340 g/mol. The van der Waals surface area contributed by atoms with E-state index >= 15 is 0 Å². The minimum Gasteiger partial charge on any atom is -0.394 e. The molecule has 7 nitrogen and oxygen atoms in total. The fourth-order valence-electron chi connectivity index (χ4n) is 0.671. The van der Waals surface area contributed by atoms with Gasteiger partial charge in [0.2, 0.25) is 0 Å². The van der Waals surface area contributed by atoms with Crippen LogP contribution in [0.2, 0.25) is 0 Å². The van der Waals surface area contributed by atoms with E-state index in [9.17, 15) is 0 Å². The Morgan fingerprint density at radius 1 is 0.565 bits per heavy atom. The maximum absolute atomic E-state index is 8.36. The zero-order chi connectivity index (χ0) is 18.6. The Kier molecular flexibility index (Phi) is 56.2. The van der Waals surface area contributed by atoms with E-state index in [-0.39, 0.29) is 26.4 Å². The van der Waals surface area contributed by atoms with Crippen LogP contribution >= 0.6 is 0 Å². The summed E-state index contributed by atoms with van der Waals surface area (Å²) in [7, 11) is 0. The van der Waals surface area contributed by atoms with E-state index in [1.807, 2.05) is 13.8 Å². The molecule has 0 aromatic rings. The molecule has 0 spiro atoms. The number of aliphatic hydroxyl groups is 4. The highest BCUT2D eigenvalue weighted by Gasteiger charge is 1.89. The van der Waals surface area contributed by atoms with Crippen LogP contribution in [0.4, 0.5) is 0 Å². The molecule has 23 heavy (non-hydrogen) atoms. The zero-order valence-electron chi connectivity index (χ0n) is 14.7. The molecule has 0 aromatic heterocycles. The van der Waals surface area contributed by atoms with Gasteiger partial charge in [0.15, 0.2) is 0 Å². The van der Waals surface area contributed by atoms with Crippen LogP contribution in [0.25, 0.3) is 0 Å². The minimum atomic E-state index is -0.125. The molecule has 4 N–H and O–H groups in total. The number of hydrogen-bond donors (Lipinski definition) is 4. The van der Waals surface area contributed by atoms with Gasteiger partial charge in [-0.3, -0.25) is 0 Å². The van der Waals surface area contributed by atoms with E-state index in [1.54, 1.807) is 12.2 Å².